The van der Waals surface area contributed by atoms with Crippen LogP contribution in [-0.2, 0) is 11.3 Å². The molecule has 0 amide bonds. The van der Waals surface area contributed by atoms with Crippen LogP contribution in [0, 0.1) is 13.8 Å². The summed E-state index contributed by atoms with van der Waals surface area (Å²) in [6.45, 7) is 5.53. The Morgan fingerprint density at radius 2 is 1.83 bits per heavy atom. The van der Waals surface area contributed by atoms with E-state index in [9.17, 15) is 5.11 Å². The molecule has 1 aliphatic rings. The number of hydrogen-bond donors (Lipinski definition) is 1. The van der Waals surface area contributed by atoms with E-state index in [4.69, 9.17) is 4.74 Å². The molecule has 1 aromatic heterocycles. The summed E-state index contributed by atoms with van der Waals surface area (Å²) in [6, 6.07) is 12.9. The Balaban J connectivity index is 1.77. The minimum atomic E-state index is -0.760. The number of aliphatic hydroxyl groups is 1. The van der Waals surface area contributed by atoms with Gasteiger partial charge in [0.2, 0.25) is 0 Å². The van der Waals surface area contributed by atoms with Gasteiger partial charge in [0.15, 0.2) is 0 Å². The van der Waals surface area contributed by atoms with Crippen molar-refractivity contribution >= 4 is 11.0 Å². The molecule has 118 valence electrons. The normalized spacial score (nSPS) is 16.5. The number of rotatable bonds is 3. The fourth-order valence-electron chi connectivity index (χ4n) is 3.25. The first kappa shape index (κ1) is 14.4. The molecule has 1 saturated heterocycles. The summed E-state index contributed by atoms with van der Waals surface area (Å²) in [4.78, 5) is 4.44. The highest BCUT2D eigenvalue weighted by atomic mass is 16.5. The van der Waals surface area contributed by atoms with Crippen molar-refractivity contribution in [3.05, 3.63) is 53.9 Å². The number of benzene rings is 2. The second-order valence-corrected chi connectivity index (χ2v) is 6.67. The third-order valence-corrected chi connectivity index (χ3v) is 4.38. The summed E-state index contributed by atoms with van der Waals surface area (Å²) in [5, 5.41) is 10.3. The standard InChI is InChI=1S/C19H20N2O2/c1-13-5-14(2)7-16(6-13)15-3-4-17-18(8-15)21(12-20-17)9-19(22)10-23-11-19/h3-8,12,22H,9-11H2,1-2H3. The molecule has 0 radical (unpaired) electrons. The molecular weight excluding hydrogens is 288 g/mol. The second-order valence-electron chi connectivity index (χ2n) is 6.67. The van der Waals surface area contributed by atoms with Crippen LogP contribution >= 0.6 is 0 Å². The lowest BCUT2D eigenvalue weighted by Gasteiger charge is -2.36. The minimum absolute atomic E-state index is 0.392. The van der Waals surface area contributed by atoms with Gasteiger partial charge in [-0.25, -0.2) is 4.98 Å². The van der Waals surface area contributed by atoms with Crippen molar-refractivity contribution in [3.63, 3.8) is 0 Å². The van der Waals surface area contributed by atoms with E-state index in [-0.39, 0.29) is 0 Å². The highest BCUT2D eigenvalue weighted by Gasteiger charge is 2.36. The first-order valence-corrected chi connectivity index (χ1v) is 7.86. The number of nitrogens with zero attached hydrogens (tertiary/aromatic N) is 2. The molecule has 0 atom stereocenters. The van der Waals surface area contributed by atoms with Gasteiger partial charge in [-0.15, -0.1) is 0 Å². The number of ether oxygens (including phenoxy) is 1. The molecule has 23 heavy (non-hydrogen) atoms. The average Bonchev–Trinajstić information content (AvgIpc) is 2.87. The summed E-state index contributed by atoms with van der Waals surface area (Å²) in [5.74, 6) is 0. The van der Waals surface area contributed by atoms with Crippen LogP contribution in [0.5, 0.6) is 0 Å². The molecule has 0 spiro atoms. The Bertz CT molecular complexity index is 858. The second kappa shape index (κ2) is 5.18. The maximum absolute atomic E-state index is 10.3. The third-order valence-electron chi connectivity index (χ3n) is 4.38. The molecule has 2 aromatic carbocycles. The number of hydrogen-bond acceptors (Lipinski definition) is 3. The van der Waals surface area contributed by atoms with Crippen molar-refractivity contribution in [1.29, 1.82) is 0 Å². The molecule has 0 saturated carbocycles. The van der Waals surface area contributed by atoms with Gasteiger partial charge in [-0.05, 0) is 37.1 Å². The van der Waals surface area contributed by atoms with Crippen molar-refractivity contribution < 1.29 is 9.84 Å². The Morgan fingerprint density at radius 1 is 1.09 bits per heavy atom. The fourth-order valence-corrected chi connectivity index (χ4v) is 3.25. The highest BCUT2D eigenvalue weighted by molar-refractivity contribution is 5.82. The topological polar surface area (TPSA) is 47.3 Å². The van der Waals surface area contributed by atoms with Gasteiger partial charge in [0.25, 0.3) is 0 Å². The lowest BCUT2D eigenvalue weighted by Crippen LogP contribution is -2.52. The Kier molecular flexibility index (Phi) is 3.25. The molecule has 1 fully saturated rings. The molecule has 1 aliphatic heterocycles. The maximum atomic E-state index is 10.3. The zero-order valence-electron chi connectivity index (χ0n) is 13.4. The van der Waals surface area contributed by atoms with Crippen molar-refractivity contribution in [2.45, 2.75) is 26.0 Å². The summed E-state index contributed by atoms with van der Waals surface area (Å²) >= 11 is 0. The van der Waals surface area contributed by atoms with E-state index in [1.807, 2.05) is 10.6 Å². The van der Waals surface area contributed by atoms with E-state index in [0.717, 1.165) is 11.0 Å². The molecule has 1 N–H and O–H groups in total. The Hall–Kier alpha value is -2.17. The monoisotopic (exact) mass is 308 g/mol. The van der Waals surface area contributed by atoms with E-state index in [0.29, 0.717) is 19.8 Å². The van der Waals surface area contributed by atoms with E-state index in [2.05, 4.69) is 49.2 Å². The van der Waals surface area contributed by atoms with Crippen molar-refractivity contribution in [3.8, 4) is 11.1 Å². The van der Waals surface area contributed by atoms with Crippen LogP contribution in [0.2, 0.25) is 0 Å². The Morgan fingerprint density at radius 3 is 2.48 bits per heavy atom. The van der Waals surface area contributed by atoms with Gasteiger partial charge in [-0.2, -0.15) is 0 Å². The summed E-state index contributed by atoms with van der Waals surface area (Å²) in [7, 11) is 0. The maximum Gasteiger partial charge on any atom is 0.129 e. The fraction of sp³-hybridized carbons (Fsp3) is 0.316. The van der Waals surface area contributed by atoms with Crippen LogP contribution in [0.4, 0.5) is 0 Å². The van der Waals surface area contributed by atoms with Crippen LogP contribution < -0.4 is 0 Å². The van der Waals surface area contributed by atoms with Crippen LogP contribution in [0.15, 0.2) is 42.7 Å². The van der Waals surface area contributed by atoms with Crippen LogP contribution in [0.3, 0.4) is 0 Å². The predicted octanol–water partition coefficient (Wildman–Crippen LogP) is 3.08. The average molecular weight is 308 g/mol. The van der Waals surface area contributed by atoms with Crippen molar-refractivity contribution in [2.24, 2.45) is 0 Å². The van der Waals surface area contributed by atoms with Gasteiger partial charge in [0, 0.05) is 0 Å². The van der Waals surface area contributed by atoms with Crippen molar-refractivity contribution in [2.75, 3.05) is 13.2 Å². The first-order chi connectivity index (χ1) is 11.0. The zero-order chi connectivity index (χ0) is 16.0. The highest BCUT2D eigenvalue weighted by Crippen LogP contribution is 2.27. The van der Waals surface area contributed by atoms with Crippen LogP contribution in [-0.4, -0.2) is 33.5 Å². The van der Waals surface area contributed by atoms with Gasteiger partial charge >= 0.3 is 0 Å². The zero-order valence-corrected chi connectivity index (χ0v) is 13.4. The molecule has 0 unspecified atom stereocenters. The molecule has 4 rings (SSSR count). The van der Waals surface area contributed by atoms with Crippen LogP contribution in [0.1, 0.15) is 11.1 Å². The predicted molar refractivity (Wildman–Crippen MR) is 90.4 cm³/mol. The molecule has 0 bridgehead atoms. The van der Waals surface area contributed by atoms with Gasteiger partial charge in [-0.1, -0.05) is 35.4 Å². The summed E-state index contributed by atoms with van der Waals surface area (Å²) in [6.07, 6.45) is 1.80. The molecular formula is C19H20N2O2. The van der Waals surface area contributed by atoms with Gasteiger partial charge in [-0.3, -0.25) is 0 Å². The van der Waals surface area contributed by atoms with E-state index < -0.39 is 5.60 Å². The van der Waals surface area contributed by atoms with Crippen LogP contribution in [0.25, 0.3) is 22.2 Å². The third kappa shape index (κ3) is 2.64. The molecule has 3 aromatic rings. The first-order valence-electron chi connectivity index (χ1n) is 7.86. The minimum Gasteiger partial charge on any atom is -0.383 e. The summed E-state index contributed by atoms with van der Waals surface area (Å²) < 4.78 is 7.15. The lowest BCUT2D eigenvalue weighted by molar-refractivity contribution is -0.184. The SMILES string of the molecule is Cc1cc(C)cc(-c2ccc3ncn(CC4(O)COC4)c3c2)c1. The smallest absolute Gasteiger partial charge is 0.129 e. The van der Waals surface area contributed by atoms with E-state index in [1.165, 1.54) is 22.3 Å². The molecule has 4 nitrogen and oxygen atoms in total. The summed E-state index contributed by atoms with van der Waals surface area (Å²) in [5.41, 5.74) is 6.13. The number of imidazole rings is 1. The number of fused-ring (bicyclic) bond motifs is 1. The number of aryl methyl sites for hydroxylation is 2. The van der Waals surface area contributed by atoms with Gasteiger partial charge in [0.1, 0.15) is 5.60 Å². The molecule has 2 heterocycles. The lowest BCUT2D eigenvalue weighted by atomic mass is 10.00. The quantitative estimate of drug-likeness (QED) is 0.809. The van der Waals surface area contributed by atoms with Crippen molar-refractivity contribution in [1.82, 2.24) is 9.55 Å². The van der Waals surface area contributed by atoms with E-state index >= 15 is 0 Å². The largest absolute Gasteiger partial charge is 0.383 e. The number of aromatic nitrogens is 2. The molecule has 4 heteroatoms. The van der Waals surface area contributed by atoms with E-state index in [1.54, 1.807) is 6.33 Å². The van der Waals surface area contributed by atoms with Gasteiger partial charge < -0.3 is 14.4 Å². The molecule has 0 aliphatic carbocycles. The van der Waals surface area contributed by atoms with Gasteiger partial charge in [0.05, 0.1) is 37.1 Å². The Labute approximate surface area is 135 Å².